The van der Waals surface area contributed by atoms with Crippen molar-refractivity contribution in [2.24, 2.45) is 0 Å². The van der Waals surface area contributed by atoms with E-state index in [1.54, 1.807) is 13.1 Å². The Labute approximate surface area is 138 Å². The summed E-state index contributed by atoms with van der Waals surface area (Å²) in [6, 6.07) is 4.88. The normalized spacial score (nSPS) is 22.4. The Kier molecular flexibility index (Phi) is 4.73. The van der Waals surface area contributed by atoms with Gasteiger partial charge < -0.3 is 5.32 Å². The Bertz CT molecular complexity index is 700. The van der Waals surface area contributed by atoms with Crippen molar-refractivity contribution in [3.63, 3.8) is 0 Å². The number of nitrogens with one attached hydrogen (secondary N) is 1. The zero-order valence-electron chi connectivity index (χ0n) is 13.5. The SMILES string of the molecule is CNC(=O)[C@H]1CCCCN1S(=O)(=O)c1ccc2c(c1)CCCC2. The van der Waals surface area contributed by atoms with E-state index < -0.39 is 16.1 Å². The molecule has 1 heterocycles. The summed E-state index contributed by atoms with van der Waals surface area (Å²) in [5, 5.41) is 2.59. The number of amides is 1. The summed E-state index contributed by atoms with van der Waals surface area (Å²) in [7, 11) is -2.07. The Hall–Kier alpha value is -1.40. The molecule has 1 aromatic rings. The van der Waals surface area contributed by atoms with Gasteiger partial charge in [-0.05, 0) is 61.8 Å². The molecule has 1 atom stereocenters. The molecular formula is C17H24N2O3S. The van der Waals surface area contributed by atoms with Crippen molar-refractivity contribution < 1.29 is 13.2 Å². The molecular weight excluding hydrogens is 312 g/mol. The highest BCUT2D eigenvalue weighted by molar-refractivity contribution is 7.89. The first kappa shape index (κ1) is 16.5. The molecule has 0 bridgehead atoms. The fourth-order valence-electron chi connectivity index (χ4n) is 3.63. The molecule has 2 aliphatic rings. The van der Waals surface area contributed by atoms with Crippen molar-refractivity contribution in [1.29, 1.82) is 0 Å². The lowest BCUT2D eigenvalue weighted by atomic mass is 9.92. The first-order valence-electron chi connectivity index (χ1n) is 8.39. The van der Waals surface area contributed by atoms with Crippen LogP contribution in [-0.4, -0.2) is 38.3 Å². The molecule has 0 aromatic heterocycles. The van der Waals surface area contributed by atoms with E-state index in [0.717, 1.165) is 37.7 Å². The zero-order chi connectivity index (χ0) is 16.4. The minimum atomic E-state index is -3.63. The molecule has 1 aliphatic carbocycles. The minimum absolute atomic E-state index is 0.216. The van der Waals surface area contributed by atoms with Crippen LogP contribution in [0.4, 0.5) is 0 Å². The number of hydrogen-bond acceptors (Lipinski definition) is 3. The van der Waals surface area contributed by atoms with Gasteiger partial charge in [0.1, 0.15) is 6.04 Å². The smallest absolute Gasteiger partial charge is 0.243 e. The van der Waals surface area contributed by atoms with Gasteiger partial charge in [-0.25, -0.2) is 8.42 Å². The predicted octanol–water partition coefficient (Wildman–Crippen LogP) is 1.85. The number of piperidine rings is 1. The number of likely N-dealkylation sites (N-methyl/N-ethyl adjacent to an activating group) is 1. The second kappa shape index (κ2) is 6.61. The second-order valence-electron chi connectivity index (χ2n) is 6.38. The van der Waals surface area contributed by atoms with Crippen LogP contribution in [0.5, 0.6) is 0 Å². The van der Waals surface area contributed by atoms with Gasteiger partial charge in [0.2, 0.25) is 15.9 Å². The molecule has 1 amide bonds. The molecule has 126 valence electrons. The first-order chi connectivity index (χ1) is 11.0. The summed E-state index contributed by atoms with van der Waals surface area (Å²) < 4.78 is 27.5. The highest BCUT2D eigenvalue weighted by atomic mass is 32.2. The number of aryl methyl sites for hydroxylation is 2. The third-order valence-corrected chi connectivity index (χ3v) is 6.83. The number of fused-ring (bicyclic) bond motifs is 1. The van der Waals surface area contributed by atoms with Crippen LogP contribution in [0.1, 0.15) is 43.2 Å². The van der Waals surface area contributed by atoms with E-state index >= 15 is 0 Å². The summed E-state index contributed by atoms with van der Waals surface area (Å²) in [6.45, 7) is 0.414. The number of carbonyl (C=O) groups is 1. The number of sulfonamides is 1. The average Bonchev–Trinajstić information content (AvgIpc) is 2.60. The van der Waals surface area contributed by atoms with E-state index in [-0.39, 0.29) is 5.91 Å². The molecule has 0 saturated carbocycles. The monoisotopic (exact) mass is 336 g/mol. The van der Waals surface area contributed by atoms with Gasteiger partial charge in [-0.1, -0.05) is 12.5 Å². The molecule has 1 N–H and O–H groups in total. The Balaban J connectivity index is 1.95. The number of carbonyl (C=O) groups excluding carboxylic acids is 1. The third kappa shape index (κ3) is 3.15. The van der Waals surface area contributed by atoms with Crippen molar-refractivity contribution in [2.75, 3.05) is 13.6 Å². The van der Waals surface area contributed by atoms with Crippen molar-refractivity contribution in [3.05, 3.63) is 29.3 Å². The van der Waals surface area contributed by atoms with Gasteiger partial charge in [0, 0.05) is 13.6 Å². The van der Waals surface area contributed by atoms with Crippen LogP contribution in [-0.2, 0) is 27.7 Å². The quantitative estimate of drug-likeness (QED) is 0.916. The highest BCUT2D eigenvalue weighted by Crippen LogP contribution is 2.29. The topological polar surface area (TPSA) is 66.5 Å². The van der Waals surface area contributed by atoms with Gasteiger partial charge >= 0.3 is 0 Å². The maximum atomic E-state index is 13.0. The maximum Gasteiger partial charge on any atom is 0.243 e. The van der Waals surface area contributed by atoms with E-state index in [4.69, 9.17) is 0 Å². The summed E-state index contributed by atoms with van der Waals surface area (Å²) >= 11 is 0. The molecule has 5 nitrogen and oxygen atoms in total. The summed E-state index contributed by atoms with van der Waals surface area (Å²) in [6.07, 6.45) is 6.53. The van der Waals surface area contributed by atoms with Gasteiger partial charge in [-0.15, -0.1) is 0 Å². The van der Waals surface area contributed by atoms with Crippen LogP contribution in [0.3, 0.4) is 0 Å². The fourth-order valence-corrected chi connectivity index (χ4v) is 5.33. The first-order valence-corrected chi connectivity index (χ1v) is 9.83. The van der Waals surface area contributed by atoms with Gasteiger partial charge in [-0.2, -0.15) is 4.31 Å². The molecule has 6 heteroatoms. The van der Waals surface area contributed by atoms with Crippen molar-refractivity contribution in [2.45, 2.75) is 55.9 Å². The summed E-state index contributed by atoms with van der Waals surface area (Å²) in [5.74, 6) is -0.216. The van der Waals surface area contributed by atoms with Gasteiger partial charge in [0.25, 0.3) is 0 Å². The van der Waals surface area contributed by atoms with Crippen LogP contribution >= 0.6 is 0 Å². The fraction of sp³-hybridized carbons (Fsp3) is 0.588. The lowest BCUT2D eigenvalue weighted by Crippen LogP contribution is -2.51. The van der Waals surface area contributed by atoms with Crippen molar-refractivity contribution in [1.82, 2.24) is 9.62 Å². The highest BCUT2D eigenvalue weighted by Gasteiger charge is 2.37. The maximum absolute atomic E-state index is 13.0. The average molecular weight is 336 g/mol. The van der Waals surface area contributed by atoms with E-state index in [9.17, 15) is 13.2 Å². The molecule has 1 aliphatic heterocycles. The Morgan fingerprint density at radius 1 is 1.13 bits per heavy atom. The lowest BCUT2D eigenvalue weighted by Gasteiger charge is -2.33. The van der Waals surface area contributed by atoms with Crippen molar-refractivity contribution >= 4 is 15.9 Å². The molecule has 1 fully saturated rings. The largest absolute Gasteiger partial charge is 0.358 e. The molecule has 1 aromatic carbocycles. The third-order valence-electron chi connectivity index (χ3n) is 4.93. The van der Waals surface area contributed by atoms with E-state index in [0.29, 0.717) is 17.9 Å². The van der Waals surface area contributed by atoms with E-state index in [2.05, 4.69) is 5.32 Å². The number of benzene rings is 1. The van der Waals surface area contributed by atoms with E-state index in [1.165, 1.54) is 16.3 Å². The van der Waals surface area contributed by atoms with Gasteiger partial charge in [0.15, 0.2) is 0 Å². The Morgan fingerprint density at radius 3 is 2.61 bits per heavy atom. The van der Waals surface area contributed by atoms with Gasteiger partial charge in [-0.3, -0.25) is 4.79 Å². The van der Waals surface area contributed by atoms with Crippen molar-refractivity contribution in [3.8, 4) is 0 Å². The summed E-state index contributed by atoms with van der Waals surface area (Å²) in [4.78, 5) is 12.4. The zero-order valence-corrected chi connectivity index (χ0v) is 14.4. The predicted molar refractivity (Wildman–Crippen MR) is 88.7 cm³/mol. The van der Waals surface area contributed by atoms with Gasteiger partial charge in [0.05, 0.1) is 4.90 Å². The molecule has 1 saturated heterocycles. The molecule has 0 unspecified atom stereocenters. The number of hydrogen-bond donors (Lipinski definition) is 1. The number of nitrogens with zero attached hydrogens (tertiary/aromatic N) is 1. The molecule has 3 rings (SSSR count). The van der Waals surface area contributed by atoms with Crippen LogP contribution in [0.15, 0.2) is 23.1 Å². The van der Waals surface area contributed by atoms with Crippen LogP contribution in [0, 0.1) is 0 Å². The standard InChI is InChI=1S/C17H24N2O3S/c1-18-17(20)16-8-4-5-11-19(16)23(21,22)15-10-9-13-6-2-3-7-14(13)12-15/h9-10,12,16H,2-8,11H2,1H3,(H,18,20)/t16-/m1/s1. The molecule has 0 radical (unpaired) electrons. The van der Waals surface area contributed by atoms with Crippen LogP contribution in [0.2, 0.25) is 0 Å². The van der Waals surface area contributed by atoms with Crippen LogP contribution in [0.25, 0.3) is 0 Å². The second-order valence-corrected chi connectivity index (χ2v) is 8.27. The number of rotatable bonds is 3. The molecule has 0 spiro atoms. The Morgan fingerprint density at radius 2 is 1.87 bits per heavy atom. The molecule has 23 heavy (non-hydrogen) atoms. The minimum Gasteiger partial charge on any atom is -0.358 e. The van der Waals surface area contributed by atoms with Crippen LogP contribution < -0.4 is 5.32 Å². The summed E-state index contributed by atoms with van der Waals surface area (Å²) in [5.41, 5.74) is 2.41. The van der Waals surface area contributed by atoms with E-state index in [1.807, 2.05) is 12.1 Å². The lowest BCUT2D eigenvalue weighted by molar-refractivity contribution is -0.125.